The second kappa shape index (κ2) is 11.5. The van der Waals surface area contributed by atoms with E-state index in [1.165, 1.54) is 0 Å². The number of hydrogen-bond donors (Lipinski definition) is 1. The lowest BCUT2D eigenvalue weighted by Crippen LogP contribution is -2.45. The lowest BCUT2D eigenvalue weighted by molar-refractivity contribution is -0.192. The van der Waals surface area contributed by atoms with Crippen molar-refractivity contribution >= 4 is 23.6 Å². The van der Waals surface area contributed by atoms with Crippen molar-refractivity contribution in [3.63, 3.8) is 0 Å². The lowest BCUT2D eigenvalue weighted by Gasteiger charge is -2.36. The van der Waals surface area contributed by atoms with Crippen LogP contribution in [0.3, 0.4) is 0 Å². The molecule has 33 heavy (non-hydrogen) atoms. The summed E-state index contributed by atoms with van der Waals surface area (Å²) in [7, 11) is 0. The maximum Gasteiger partial charge on any atom is 0.490 e. The number of hydrogen-bond acceptors (Lipinski definition) is 6. The topological polar surface area (TPSA) is 97.5 Å². The number of pyridine rings is 1. The van der Waals surface area contributed by atoms with Gasteiger partial charge >= 0.3 is 12.1 Å². The van der Waals surface area contributed by atoms with Gasteiger partial charge in [-0.25, -0.2) is 4.79 Å². The molecule has 180 valence electrons. The number of alkyl halides is 3. The van der Waals surface area contributed by atoms with Gasteiger partial charge in [-0.1, -0.05) is 0 Å². The van der Waals surface area contributed by atoms with Gasteiger partial charge in [-0.15, -0.1) is 0 Å². The van der Waals surface area contributed by atoms with Crippen LogP contribution in [-0.2, 0) is 27.5 Å². The van der Waals surface area contributed by atoms with E-state index in [0.717, 1.165) is 35.6 Å². The molecule has 4 heterocycles. The maximum atomic E-state index is 13.0. The van der Waals surface area contributed by atoms with Crippen LogP contribution in [0.4, 0.5) is 13.2 Å². The second-order valence-electron chi connectivity index (χ2n) is 7.70. The van der Waals surface area contributed by atoms with E-state index in [9.17, 15) is 18.0 Å². The maximum absolute atomic E-state index is 13.0. The molecule has 0 bridgehead atoms. The summed E-state index contributed by atoms with van der Waals surface area (Å²) in [6.45, 7) is 2.42. The molecule has 1 unspecified atom stereocenters. The van der Waals surface area contributed by atoms with Crippen molar-refractivity contribution < 1.29 is 32.6 Å². The minimum absolute atomic E-state index is 0.0671. The number of halogens is 3. The van der Waals surface area contributed by atoms with Gasteiger partial charge in [-0.2, -0.15) is 30.0 Å². The number of ether oxygens (including phenoxy) is 1. The lowest BCUT2D eigenvalue weighted by atomic mass is 10.00. The Balaban J connectivity index is 0.000000383. The summed E-state index contributed by atoms with van der Waals surface area (Å²) >= 11 is 1.95. The molecule has 12 heteroatoms. The average molecular weight is 487 g/mol. The van der Waals surface area contributed by atoms with Crippen LogP contribution in [0.1, 0.15) is 30.1 Å². The van der Waals surface area contributed by atoms with Gasteiger partial charge in [0.15, 0.2) is 0 Å². The summed E-state index contributed by atoms with van der Waals surface area (Å²) in [5.41, 5.74) is 2.19. The first-order valence-electron chi connectivity index (χ1n) is 10.4. The number of carbonyl (C=O) groups excluding carboxylic acids is 1. The van der Waals surface area contributed by atoms with Crippen LogP contribution >= 0.6 is 11.8 Å². The van der Waals surface area contributed by atoms with Crippen LogP contribution in [-0.4, -0.2) is 67.5 Å². The largest absolute Gasteiger partial charge is 0.490 e. The molecule has 0 spiro atoms. The smallest absolute Gasteiger partial charge is 0.475 e. The molecule has 0 radical (unpaired) electrons. The molecular weight excluding hydrogens is 461 g/mol. The van der Waals surface area contributed by atoms with Crippen molar-refractivity contribution in [2.45, 2.75) is 38.2 Å². The molecule has 0 aliphatic carbocycles. The molecule has 2 aliphatic heterocycles. The highest BCUT2D eigenvalue weighted by Crippen LogP contribution is 2.28. The fraction of sp³-hybridized carbons (Fsp3) is 0.524. The molecule has 2 aromatic rings. The van der Waals surface area contributed by atoms with Crippen molar-refractivity contribution in [1.82, 2.24) is 19.7 Å². The second-order valence-corrected chi connectivity index (χ2v) is 8.92. The zero-order valence-corrected chi connectivity index (χ0v) is 18.6. The van der Waals surface area contributed by atoms with Gasteiger partial charge in [0.2, 0.25) is 5.91 Å². The Bertz CT molecular complexity index is 920. The highest BCUT2D eigenvalue weighted by molar-refractivity contribution is 7.99. The average Bonchev–Trinajstić information content (AvgIpc) is 3.28. The Kier molecular flexibility index (Phi) is 8.73. The van der Waals surface area contributed by atoms with Crippen LogP contribution in [0.2, 0.25) is 0 Å². The van der Waals surface area contributed by atoms with E-state index in [1.54, 1.807) is 12.4 Å². The third-order valence-corrected chi connectivity index (χ3v) is 6.38. The summed E-state index contributed by atoms with van der Waals surface area (Å²) < 4.78 is 39.7. The van der Waals surface area contributed by atoms with Crippen LogP contribution in [0, 0.1) is 5.92 Å². The van der Waals surface area contributed by atoms with Gasteiger partial charge in [-0.3, -0.25) is 14.5 Å². The van der Waals surface area contributed by atoms with Gasteiger partial charge < -0.3 is 14.7 Å². The molecule has 4 rings (SSSR count). The number of aromatic nitrogens is 3. The number of aliphatic carboxylic acids is 1. The molecular formula is C21H25F3N4O4S. The first-order valence-corrected chi connectivity index (χ1v) is 11.6. The Morgan fingerprint density at radius 1 is 1.15 bits per heavy atom. The monoisotopic (exact) mass is 486 g/mol. The first-order chi connectivity index (χ1) is 15.8. The van der Waals surface area contributed by atoms with E-state index in [2.05, 4.69) is 10.1 Å². The summed E-state index contributed by atoms with van der Waals surface area (Å²) in [6.07, 6.45) is 2.28. The number of carboxylic acid groups (broad SMARTS) is 1. The molecule has 2 aromatic heterocycles. The molecule has 1 amide bonds. The van der Waals surface area contributed by atoms with E-state index in [4.69, 9.17) is 14.6 Å². The first kappa shape index (κ1) is 25.0. The van der Waals surface area contributed by atoms with Crippen molar-refractivity contribution in [3.8, 4) is 0 Å². The number of thioether (sulfide) groups is 1. The standard InChI is InChI=1S/C19H24N4O2S.C2HF3O2/c24-19(16-4-9-26-10-5-16)22-11-17-3-8-21-23(17)18(12-22)14-25-13-15-1-6-20-7-2-15;3-2(4,5)1(6)7/h1-3,6-8,16,18H,4-5,9-14H2;(H,6,7). The third-order valence-electron chi connectivity index (χ3n) is 5.34. The summed E-state index contributed by atoms with van der Waals surface area (Å²) in [6, 6.07) is 5.98. The number of rotatable bonds is 5. The SMILES string of the molecule is O=C(C1CCSCC1)N1Cc2ccnn2C(COCc2ccncc2)C1.O=C(O)C(F)(F)F. The van der Waals surface area contributed by atoms with Gasteiger partial charge in [0.1, 0.15) is 0 Å². The van der Waals surface area contributed by atoms with Gasteiger partial charge in [0.25, 0.3) is 0 Å². The Morgan fingerprint density at radius 2 is 1.82 bits per heavy atom. The van der Waals surface area contributed by atoms with Crippen LogP contribution in [0.5, 0.6) is 0 Å². The molecule has 0 saturated carbocycles. The fourth-order valence-electron chi connectivity index (χ4n) is 3.67. The van der Waals surface area contributed by atoms with E-state index in [1.807, 2.05) is 45.7 Å². The molecule has 1 saturated heterocycles. The normalized spacial score (nSPS) is 18.8. The minimum atomic E-state index is -5.08. The van der Waals surface area contributed by atoms with E-state index < -0.39 is 12.1 Å². The Labute approximate surface area is 193 Å². The van der Waals surface area contributed by atoms with Crippen molar-refractivity contribution in [1.29, 1.82) is 0 Å². The quantitative estimate of drug-likeness (QED) is 0.693. The predicted octanol–water partition coefficient (Wildman–Crippen LogP) is 3.15. The van der Waals surface area contributed by atoms with E-state index >= 15 is 0 Å². The molecule has 1 fully saturated rings. The summed E-state index contributed by atoms with van der Waals surface area (Å²) in [5.74, 6) is -0.0742. The van der Waals surface area contributed by atoms with Crippen molar-refractivity contribution in [3.05, 3.63) is 48.0 Å². The third kappa shape index (κ3) is 7.19. The highest BCUT2D eigenvalue weighted by Gasteiger charge is 2.38. The van der Waals surface area contributed by atoms with E-state index in [-0.39, 0.29) is 12.0 Å². The van der Waals surface area contributed by atoms with Gasteiger partial charge in [-0.05, 0) is 48.1 Å². The zero-order valence-electron chi connectivity index (χ0n) is 17.8. The molecule has 1 atom stereocenters. The number of carboxylic acids is 1. The van der Waals surface area contributed by atoms with Gasteiger partial charge in [0.05, 0.1) is 31.5 Å². The van der Waals surface area contributed by atoms with Crippen molar-refractivity contribution in [2.75, 3.05) is 24.7 Å². The summed E-state index contributed by atoms with van der Waals surface area (Å²) in [5, 5.41) is 11.6. The molecule has 1 N–H and O–H groups in total. The number of fused-ring (bicyclic) bond motifs is 1. The Hall–Kier alpha value is -2.60. The molecule has 8 nitrogen and oxygen atoms in total. The van der Waals surface area contributed by atoms with Gasteiger partial charge in [0, 0.05) is 31.1 Å². The van der Waals surface area contributed by atoms with Crippen molar-refractivity contribution in [2.24, 2.45) is 5.92 Å². The van der Waals surface area contributed by atoms with Crippen LogP contribution in [0.25, 0.3) is 0 Å². The Morgan fingerprint density at radius 3 is 2.45 bits per heavy atom. The van der Waals surface area contributed by atoms with Crippen LogP contribution in [0.15, 0.2) is 36.8 Å². The number of nitrogens with zero attached hydrogens (tertiary/aromatic N) is 4. The van der Waals surface area contributed by atoms with Crippen LogP contribution < -0.4 is 0 Å². The van der Waals surface area contributed by atoms with E-state index in [0.29, 0.717) is 32.2 Å². The minimum Gasteiger partial charge on any atom is -0.475 e. The number of carbonyl (C=O) groups is 2. The zero-order chi connectivity index (χ0) is 23.8. The molecule has 0 aromatic carbocycles. The predicted molar refractivity (Wildman–Crippen MR) is 114 cm³/mol. The molecule has 2 aliphatic rings. The highest BCUT2D eigenvalue weighted by atomic mass is 32.2. The summed E-state index contributed by atoms with van der Waals surface area (Å²) in [4.78, 5) is 27.9. The fourth-order valence-corrected chi connectivity index (χ4v) is 4.78. The number of amides is 1.